The maximum Gasteiger partial charge on any atom is 0.247 e. The Labute approximate surface area is 150 Å². The van der Waals surface area contributed by atoms with E-state index < -0.39 is 10.0 Å². The van der Waals surface area contributed by atoms with Crippen LogP contribution in [0, 0.1) is 6.92 Å². The molecular weight excluding hydrogens is 340 g/mol. The summed E-state index contributed by atoms with van der Waals surface area (Å²) in [7, 11) is -2.06. The zero-order valence-electron chi connectivity index (χ0n) is 15.3. The molecule has 0 bridgehead atoms. The van der Waals surface area contributed by atoms with Gasteiger partial charge in [-0.25, -0.2) is 8.42 Å². The van der Waals surface area contributed by atoms with E-state index in [0.29, 0.717) is 18.3 Å². The topological polar surface area (TPSA) is 59.1 Å². The monoisotopic (exact) mass is 368 g/mol. The molecule has 0 unspecified atom stereocenters. The van der Waals surface area contributed by atoms with Gasteiger partial charge in [-0.05, 0) is 44.4 Å². The summed E-state index contributed by atoms with van der Waals surface area (Å²) >= 11 is 0. The summed E-state index contributed by atoms with van der Waals surface area (Å²) in [5.41, 5.74) is 0.910. The van der Waals surface area contributed by atoms with Crippen molar-refractivity contribution in [2.45, 2.75) is 43.7 Å². The smallest absolute Gasteiger partial charge is 0.247 e. The molecule has 0 saturated carbocycles. The highest BCUT2D eigenvalue weighted by atomic mass is 32.2. The van der Waals surface area contributed by atoms with E-state index in [1.807, 2.05) is 19.9 Å². The maximum atomic E-state index is 13.2. The van der Waals surface area contributed by atoms with Gasteiger partial charge in [-0.15, -0.1) is 0 Å². The van der Waals surface area contributed by atoms with Crippen molar-refractivity contribution in [2.75, 3.05) is 40.0 Å². The minimum atomic E-state index is -3.57. The fourth-order valence-electron chi connectivity index (χ4n) is 3.82. The van der Waals surface area contributed by atoms with Crippen molar-refractivity contribution >= 4 is 10.0 Å². The second-order valence-electron chi connectivity index (χ2n) is 6.96. The number of hydrogen-bond acceptors (Lipinski definition) is 5. The average Bonchev–Trinajstić information content (AvgIpc) is 2.62. The van der Waals surface area contributed by atoms with Gasteiger partial charge in [-0.2, -0.15) is 4.31 Å². The number of hydrogen-bond donors (Lipinski definition) is 0. The molecule has 2 heterocycles. The average molecular weight is 368 g/mol. The van der Waals surface area contributed by atoms with E-state index in [4.69, 9.17) is 9.47 Å². The zero-order valence-corrected chi connectivity index (χ0v) is 16.1. The van der Waals surface area contributed by atoms with E-state index in [-0.39, 0.29) is 10.9 Å². The Morgan fingerprint density at radius 2 is 1.92 bits per heavy atom. The van der Waals surface area contributed by atoms with Crippen molar-refractivity contribution in [3.05, 3.63) is 23.8 Å². The minimum absolute atomic E-state index is 0.0631. The molecule has 7 heteroatoms. The van der Waals surface area contributed by atoms with Crippen LogP contribution >= 0.6 is 0 Å². The van der Waals surface area contributed by atoms with E-state index >= 15 is 0 Å². The lowest BCUT2D eigenvalue weighted by atomic mass is 10.1. The maximum absolute atomic E-state index is 13.2. The fourth-order valence-corrected chi connectivity index (χ4v) is 5.68. The quantitative estimate of drug-likeness (QED) is 0.812. The first-order chi connectivity index (χ1) is 11.9. The normalized spacial score (nSPS) is 24.4. The summed E-state index contributed by atoms with van der Waals surface area (Å²) in [5, 5.41) is 0. The van der Waals surface area contributed by atoms with Gasteiger partial charge in [0.25, 0.3) is 0 Å². The molecule has 0 radical (unpaired) electrons. The van der Waals surface area contributed by atoms with Gasteiger partial charge in [0.05, 0.1) is 7.11 Å². The number of nitrogens with zero attached hydrogens (tertiary/aromatic N) is 2. The molecule has 2 fully saturated rings. The molecule has 2 saturated heterocycles. The number of sulfonamides is 1. The molecule has 2 aliphatic heterocycles. The number of rotatable bonds is 4. The lowest BCUT2D eigenvalue weighted by Gasteiger charge is -2.43. The van der Waals surface area contributed by atoms with Crippen LogP contribution < -0.4 is 4.74 Å². The Morgan fingerprint density at radius 3 is 2.56 bits per heavy atom. The van der Waals surface area contributed by atoms with Gasteiger partial charge >= 0.3 is 0 Å². The molecule has 0 aromatic heterocycles. The molecule has 0 amide bonds. The Hall–Kier alpha value is -1.15. The van der Waals surface area contributed by atoms with E-state index in [1.165, 1.54) is 7.11 Å². The lowest BCUT2D eigenvalue weighted by Crippen LogP contribution is -2.57. The number of piperazine rings is 1. The largest absolute Gasteiger partial charge is 0.495 e. The molecule has 0 N–H and O–H groups in total. The molecule has 1 aromatic rings. The van der Waals surface area contributed by atoms with Gasteiger partial charge in [0.15, 0.2) is 0 Å². The first-order valence-corrected chi connectivity index (χ1v) is 10.4. The molecule has 140 valence electrons. The highest BCUT2D eigenvalue weighted by Gasteiger charge is 2.37. The van der Waals surface area contributed by atoms with Crippen molar-refractivity contribution in [3.8, 4) is 5.75 Å². The van der Waals surface area contributed by atoms with Gasteiger partial charge in [-0.3, -0.25) is 4.90 Å². The summed E-state index contributed by atoms with van der Waals surface area (Å²) in [6.07, 6.45) is 2.07. The lowest BCUT2D eigenvalue weighted by molar-refractivity contribution is 0.0137. The second kappa shape index (κ2) is 7.61. The zero-order chi connectivity index (χ0) is 18.0. The highest BCUT2D eigenvalue weighted by Crippen LogP contribution is 2.30. The van der Waals surface area contributed by atoms with Crippen molar-refractivity contribution in [1.82, 2.24) is 9.21 Å². The third-order valence-electron chi connectivity index (χ3n) is 5.21. The molecule has 1 atom stereocenters. The van der Waals surface area contributed by atoms with Crippen LogP contribution in [0.1, 0.15) is 25.3 Å². The second-order valence-corrected chi connectivity index (χ2v) is 8.82. The van der Waals surface area contributed by atoms with E-state index in [9.17, 15) is 8.42 Å². The summed E-state index contributed by atoms with van der Waals surface area (Å²) in [6.45, 7) is 7.53. The number of aryl methyl sites for hydroxylation is 1. The van der Waals surface area contributed by atoms with Crippen LogP contribution in [0.2, 0.25) is 0 Å². The predicted molar refractivity (Wildman–Crippen MR) is 96.5 cm³/mol. The van der Waals surface area contributed by atoms with Crippen LogP contribution in [-0.2, 0) is 14.8 Å². The molecule has 0 aliphatic carbocycles. The first kappa shape index (κ1) is 18.6. The number of methoxy groups -OCH3 is 1. The molecule has 1 aromatic carbocycles. The van der Waals surface area contributed by atoms with Crippen LogP contribution in [-0.4, -0.2) is 69.7 Å². The fraction of sp³-hybridized carbons (Fsp3) is 0.667. The molecule has 0 spiro atoms. The van der Waals surface area contributed by atoms with Crippen LogP contribution in [0.5, 0.6) is 5.75 Å². The van der Waals surface area contributed by atoms with Gasteiger partial charge in [-0.1, -0.05) is 6.07 Å². The molecule has 6 nitrogen and oxygen atoms in total. The van der Waals surface area contributed by atoms with Gasteiger partial charge < -0.3 is 9.47 Å². The molecule has 2 aliphatic rings. The summed E-state index contributed by atoms with van der Waals surface area (Å²) in [5.74, 6) is 0.407. The van der Waals surface area contributed by atoms with E-state index in [2.05, 4.69) is 4.90 Å². The number of benzene rings is 1. The van der Waals surface area contributed by atoms with E-state index in [1.54, 1.807) is 16.4 Å². The van der Waals surface area contributed by atoms with Crippen molar-refractivity contribution in [3.63, 3.8) is 0 Å². The Morgan fingerprint density at radius 1 is 1.20 bits per heavy atom. The van der Waals surface area contributed by atoms with Crippen molar-refractivity contribution < 1.29 is 17.9 Å². The number of ether oxygens (including phenoxy) is 2. The Bertz CT molecular complexity index is 701. The van der Waals surface area contributed by atoms with Crippen molar-refractivity contribution in [1.29, 1.82) is 0 Å². The summed E-state index contributed by atoms with van der Waals surface area (Å²) < 4.78 is 38.8. The third-order valence-corrected chi connectivity index (χ3v) is 7.25. The minimum Gasteiger partial charge on any atom is -0.495 e. The van der Waals surface area contributed by atoms with Crippen LogP contribution in [0.3, 0.4) is 0 Å². The van der Waals surface area contributed by atoms with Gasteiger partial charge in [0.2, 0.25) is 10.0 Å². The third kappa shape index (κ3) is 3.84. The Balaban J connectivity index is 1.79. The molecule has 3 rings (SSSR count). The van der Waals surface area contributed by atoms with Crippen LogP contribution in [0.4, 0.5) is 0 Å². The van der Waals surface area contributed by atoms with Gasteiger partial charge in [0.1, 0.15) is 10.6 Å². The van der Waals surface area contributed by atoms with Crippen molar-refractivity contribution in [2.24, 2.45) is 0 Å². The summed E-state index contributed by atoms with van der Waals surface area (Å²) in [6, 6.07) is 5.74. The predicted octanol–water partition coefficient (Wildman–Crippen LogP) is 1.88. The standard InChI is InChI=1S/C18H28N2O4S/c1-14-4-5-17(23-3)18(12-14)25(21,22)20-9-8-19(13-15(20)2)16-6-10-24-11-7-16/h4-5,12,15-16H,6-11,13H2,1-3H3/t15-/m1/s1. The van der Waals surface area contributed by atoms with Gasteiger partial charge in [0, 0.05) is 44.9 Å². The highest BCUT2D eigenvalue weighted by molar-refractivity contribution is 7.89. The van der Waals surface area contributed by atoms with Crippen LogP contribution in [0.15, 0.2) is 23.1 Å². The molecule has 25 heavy (non-hydrogen) atoms. The Kier molecular flexibility index (Phi) is 5.68. The summed E-state index contributed by atoms with van der Waals surface area (Å²) in [4.78, 5) is 2.69. The molecular formula is C18H28N2O4S. The van der Waals surface area contributed by atoms with Crippen LogP contribution in [0.25, 0.3) is 0 Å². The first-order valence-electron chi connectivity index (χ1n) is 8.91. The van der Waals surface area contributed by atoms with E-state index in [0.717, 1.165) is 44.7 Å². The SMILES string of the molecule is COc1ccc(C)cc1S(=O)(=O)N1CCN(C2CCOCC2)C[C@H]1C.